The average molecular weight is 234 g/mol. The molecule has 0 amide bonds. The second-order valence-electron chi connectivity index (χ2n) is 5.24. The van der Waals surface area contributed by atoms with Gasteiger partial charge in [0.05, 0.1) is 5.69 Å². The molecule has 4 nitrogen and oxygen atoms in total. The van der Waals surface area contributed by atoms with Gasteiger partial charge in [0.2, 0.25) is 0 Å². The van der Waals surface area contributed by atoms with Gasteiger partial charge in [0, 0.05) is 12.3 Å². The van der Waals surface area contributed by atoms with Crippen LogP contribution in [0.1, 0.15) is 60.2 Å². The minimum Gasteiger partial charge on any atom is -0.437 e. The van der Waals surface area contributed by atoms with Crippen LogP contribution in [0.3, 0.4) is 0 Å². The fraction of sp³-hybridized carbons (Fsp3) is 0.692. The summed E-state index contributed by atoms with van der Waals surface area (Å²) in [6, 6.07) is 0. The molecule has 2 aliphatic rings. The van der Waals surface area contributed by atoms with Crippen molar-refractivity contribution in [1.29, 1.82) is 0 Å². The molecule has 2 aliphatic carbocycles. The topological polar surface area (TPSA) is 69.1 Å². The third-order valence-electron chi connectivity index (χ3n) is 3.96. The molecule has 0 bridgehead atoms. The van der Waals surface area contributed by atoms with Crippen LogP contribution in [0.4, 0.5) is 0 Å². The van der Waals surface area contributed by atoms with E-state index in [2.05, 4.69) is 4.98 Å². The smallest absolute Gasteiger partial charge is 0.200 e. The van der Waals surface area contributed by atoms with Gasteiger partial charge in [0.1, 0.15) is 0 Å². The first-order valence-corrected chi connectivity index (χ1v) is 6.50. The normalized spacial score (nSPS) is 25.2. The van der Waals surface area contributed by atoms with Crippen LogP contribution in [-0.2, 0) is 6.42 Å². The van der Waals surface area contributed by atoms with Gasteiger partial charge < -0.3 is 10.2 Å². The molecule has 0 aliphatic heterocycles. The van der Waals surface area contributed by atoms with Crippen molar-refractivity contribution in [3.8, 4) is 0 Å². The molecule has 1 heterocycles. The van der Waals surface area contributed by atoms with Crippen molar-refractivity contribution in [2.45, 2.75) is 44.4 Å². The molecular formula is C13H18N2O2. The van der Waals surface area contributed by atoms with Crippen LogP contribution in [0, 0.1) is 5.92 Å². The Kier molecular flexibility index (Phi) is 2.74. The molecule has 0 radical (unpaired) electrons. The second kappa shape index (κ2) is 4.26. The molecule has 2 N–H and O–H groups in total. The summed E-state index contributed by atoms with van der Waals surface area (Å²) in [6.07, 6.45) is 6.10. The zero-order chi connectivity index (χ0) is 11.8. The van der Waals surface area contributed by atoms with Crippen molar-refractivity contribution >= 4 is 5.78 Å². The lowest BCUT2D eigenvalue weighted by atomic mass is 9.89. The zero-order valence-electron chi connectivity index (χ0n) is 9.95. The van der Waals surface area contributed by atoms with Crippen molar-refractivity contribution in [3.05, 3.63) is 17.3 Å². The Bertz CT molecular complexity index is 433. The number of Topliss-reactive ketones (excluding diaryl/α,β-unsaturated/α-hetero) is 1. The van der Waals surface area contributed by atoms with E-state index in [0.29, 0.717) is 24.6 Å². The third-order valence-corrected chi connectivity index (χ3v) is 3.96. The number of hydrogen-bond acceptors (Lipinski definition) is 4. The minimum atomic E-state index is 0.0819. The minimum absolute atomic E-state index is 0.0819. The van der Waals surface area contributed by atoms with Crippen molar-refractivity contribution in [3.63, 3.8) is 0 Å². The number of carbonyl (C=O) groups is 1. The summed E-state index contributed by atoms with van der Waals surface area (Å²) in [5, 5.41) is 0. The average Bonchev–Trinajstić information content (AvgIpc) is 2.96. The predicted molar refractivity (Wildman–Crippen MR) is 62.9 cm³/mol. The fourth-order valence-electron chi connectivity index (χ4n) is 2.94. The Labute approximate surface area is 101 Å². The van der Waals surface area contributed by atoms with Crippen LogP contribution in [0.25, 0.3) is 0 Å². The molecule has 4 heteroatoms. The summed E-state index contributed by atoms with van der Waals surface area (Å²) in [5.74, 6) is 2.06. The summed E-state index contributed by atoms with van der Waals surface area (Å²) in [5.41, 5.74) is 6.49. The molecule has 1 atom stereocenters. The summed E-state index contributed by atoms with van der Waals surface area (Å²) in [7, 11) is 0. The number of nitrogens with zero attached hydrogens (tertiary/aromatic N) is 1. The Morgan fingerprint density at radius 1 is 1.29 bits per heavy atom. The number of hydrogen-bond donors (Lipinski definition) is 1. The summed E-state index contributed by atoms with van der Waals surface area (Å²) >= 11 is 0. The highest BCUT2D eigenvalue weighted by Crippen LogP contribution is 2.36. The number of rotatable bonds is 2. The fourth-order valence-corrected chi connectivity index (χ4v) is 2.94. The van der Waals surface area contributed by atoms with E-state index in [1.807, 2.05) is 0 Å². The second-order valence-corrected chi connectivity index (χ2v) is 5.24. The van der Waals surface area contributed by atoms with Gasteiger partial charge in [-0.25, -0.2) is 4.98 Å². The number of nitrogens with two attached hydrogens (primary N) is 1. The van der Waals surface area contributed by atoms with Gasteiger partial charge in [-0.2, -0.15) is 0 Å². The van der Waals surface area contributed by atoms with Gasteiger partial charge in [-0.15, -0.1) is 0 Å². The van der Waals surface area contributed by atoms with E-state index in [0.717, 1.165) is 30.8 Å². The van der Waals surface area contributed by atoms with E-state index in [9.17, 15) is 4.79 Å². The van der Waals surface area contributed by atoms with E-state index in [4.69, 9.17) is 10.2 Å². The maximum absolute atomic E-state index is 11.9. The summed E-state index contributed by atoms with van der Waals surface area (Å²) < 4.78 is 5.69. The number of aromatic nitrogens is 1. The van der Waals surface area contributed by atoms with Crippen LogP contribution in [-0.4, -0.2) is 17.3 Å². The Morgan fingerprint density at radius 2 is 2.06 bits per heavy atom. The molecule has 0 spiro atoms. The molecule has 1 unspecified atom stereocenters. The van der Waals surface area contributed by atoms with Gasteiger partial charge in [0.25, 0.3) is 0 Å². The van der Waals surface area contributed by atoms with E-state index in [-0.39, 0.29) is 11.7 Å². The van der Waals surface area contributed by atoms with Crippen LogP contribution in [0.5, 0.6) is 0 Å². The van der Waals surface area contributed by atoms with E-state index in [1.54, 1.807) is 0 Å². The zero-order valence-corrected chi connectivity index (χ0v) is 9.95. The number of ketones is 1. The number of carbonyl (C=O) groups excluding carboxylic acids is 1. The van der Waals surface area contributed by atoms with E-state index >= 15 is 0 Å². The van der Waals surface area contributed by atoms with Gasteiger partial charge >= 0.3 is 0 Å². The van der Waals surface area contributed by atoms with Crippen LogP contribution in [0.15, 0.2) is 4.42 Å². The molecule has 17 heavy (non-hydrogen) atoms. The molecule has 1 aromatic rings. The Hall–Kier alpha value is -1.16. The highest BCUT2D eigenvalue weighted by atomic mass is 16.4. The first-order chi connectivity index (χ1) is 8.28. The molecule has 1 saturated carbocycles. The van der Waals surface area contributed by atoms with E-state index in [1.165, 1.54) is 12.8 Å². The van der Waals surface area contributed by atoms with Crippen LogP contribution >= 0.6 is 0 Å². The lowest BCUT2D eigenvalue weighted by Gasteiger charge is -2.16. The molecule has 92 valence electrons. The highest BCUT2D eigenvalue weighted by molar-refractivity contribution is 5.95. The molecule has 0 saturated heterocycles. The monoisotopic (exact) mass is 234 g/mol. The highest BCUT2D eigenvalue weighted by Gasteiger charge is 2.32. The van der Waals surface area contributed by atoms with Crippen molar-refractivity contribution in [1.82, 2.24) is 4.98 Å². The van der Waals surface area contributed by atoms with Gasteiger partial charge in [-0.3, -0.25) is 4.79 Å². The largest absolute Gasteiger partial charge is 0.437 e. The molecule has 0 aromatic carbocycles. The van der Waals surface area contributed by atoms with Gasteiger partial charge in [-0.1, -0.05) is 12.8 Å². The van der Waals surface area contributed by atoms with Crippen LogP contribution in [0.2, 0.25) is 0 Å². The van der Waals surface area contributed by atoms with Crippen molar-refractivity contribution < 1.29 is 9.21 Å². The van der Waals surface area contributed by atoms with Gasteiger partial charge in [0.15, 0.2) is 17.4 Å². The lowest BCUT2D eigenvalue weighted by Crippen LogP contribution is -2.25. The molecule has 1 aromatic heterocycles. The molecule has 3 rings (SSSR count). The van der Waals surface area contributed by atoms with Crippen LogP contribution < -0.4 is 5.73 Å². The summed E-state index contributed by atoms with van der Waals surface area (Å²) in [4.78, 5) is 16.4. The SMILES string of the molecule is NCC1CC(=O)c2oc(C3CCCC3)nc2C1. The number of fused-ring (bicyclic) bond motifs is 1. The van der Waals surface area contributed by atoms with Crippen molar-refractivity contribution in [2.75, 3.05) is 6.54 Å². The maximum Gasteiger partial charge on any atom is 0.200 e. The predicted octanol–water partition coefficient (Wildman–Crippen LogP) is 2.04. The van der Waals surface area contributed by atoms with E-state index < -0.39 is 0 Å². The summed E-state index contributed by atoms with van der Waals surface area (Å²) in [6.45, 7) is 0.552. The Morgan fingerprint density at radius 3 is 2.76 bits per heavy atom. The molecular weight excluding hydrogens is 216 g/mol. The van der Waals surface area contributed by atoms with Crippen molar-refractivity contribution in [2.24, 2.45) is 11.7 Å². The molecule has 1 fully saturated rings. The lowest BCUT2D eigenvalue weighted by molar-refractivity contribution is 0.0918. The number of oxazole rings is 1. The quantitative estimate of drug-likeness (QED) is 0.850. The third kappa shape index (κ3) is 1.90. The first kappa shape index (κ1) is 11.0. The maximum atomic E-state index is 11.9. The van der Waals surface area contributed by atoms with Gasteiger partial charge in [-0.05, 0) is 31.7 Å². The first-order valence-electron chi connectivity index (χ1n) is 6.50. The Balaban J connectivity index is 1.89. The standard InChI is InChI=1S/C13H18N2O2/c14-7-8-5-10-12(11(16)6-8)17-13(15-10)9-3-1-2-4-9/h8-9H,1-7,14H2.